The van der Waals surface area contributed by atoms with E-state index in [-0.39, 0.29) is 11.4 Å². The van der Waals surface area contributed by atoms with Gasteiger partial charge in [0, 0.05) is 14.2 Å². The first-order valence-electron chi connectivity index (χ1n) is 4.98. The van der Waals surface area contributed by atoms with Gasteiger partial charge in [0.1, 0.15) is 5.75 Å². The molecule has 0 spiro atoms. The molecule has 2 aromatic rings. The van der Waals surface area contributed by atoms with Crippen LogP contribution in [0, 0.1) is 3.57 Å². The predicted molar refractivity (Wildman–Crippen MR) is 80.7 cm³/mol. The molecule has 2 N–H and O–H groups in total. The molecule has 0 aliphatic heterocycles. The van der Waals surface area contributed by atoms with Crippen LogP contribution in [0.2, 0.25) is 0 Å². The first-order valence-corrected chi connectivity index (χ1v) is 6.85. The van der Waals surface area contributed by atoms with Crippen molar-refractivity contribution >= 4 is 50.1 Å². The summed E-state index contributed by atoms with van der Waals surface area (Å²) >= 11 is 5.54. The summed E-state index contributed by atoms with van der Waals surface area (Å²) in [5.41, 5.74) is 0.633. The number of benzene rings is 1. The van der Waals surface area contributed by atoms with Gasteiger partial charge in [0.05, 0.1) is 5.69 Å². The van der Waals surface area contributed by atoms with Gasteiger partial charge in [-0.2, -0.15) is 0 Å². The Morgan fingerprint density at radius 3 is 2.83 bits per heavy atom. The molecule has 1 aromatic heterocycles. The topological polar surface area (TPSA) is 62.2 Å². The van der Waals surface area contributed by atoms with Crippen molar-refractivity contribution in [2.24, 2.45) is 0 Å². The van der Waals surface area contributed by atoms with Gasteiger partial charge in [-0.25, -0.2) is 4.98 Å². The molecule has 0 unspecified atom stereocenters. The van der Waals surface area contributed by atoms with Gasteiger partial charge in [-0.15, -0.1) is 0 Å². The lowest BCUT2D eigenvalue weighted by Crippen LogP contribution is -2.14. The minimum absolute atomic E-state index is 0.00273. The average Bonchev–Trinajstić information content (AvgIpc) is 2.33. The largest absolute Gasteiger partial charge is 0.505 e. The molecule has 1 heterocycles. The fourth-order valence-electron chi connectivity index (χ4n) is 1.34. The number of halogens is 2. The molecule has 0 saturated carbocycles. The zero-order chi connectivity index (χ0) is 13.1. The molecule has 1 amide bonds. The summed E-state index contributed by atoms with van der Waals surface area (Å²) in [5, 5.41) is 12.2. The molecular weight excluding hydrogens is 411 g/mol. The maximum atomic E-state index is 11.9. The monoisotopic (exact) mass is 418 g/mol. The first-order chi connectivity index (χ1) is 8.58. The molecule has 0 atom stereocenters. The van der Waals surface area contributed by atoms with Crippen LogP contribution < -0.4 is 5.32 Å². The molecule has 0 fully saturated rings. The van der Waals surface area contributed by atoms with Gasteiger partial charge in [-0.05, 0) is 68.9 Å². The molecule has 0 saturated heterocycles. The van der Waals surface area contributed by atoms with Crippen LogP contribution in [0.25, 0.3) is 0 Å². The van der Waals surface area contributed by atoms with E-state index in [2.05, 4.69) is 48.8 Å². The number of pyridine rings is 1. The highest BCUT2D eigenvalue weighted by Gasteiger charge is 2.13. The van der Waals surface area contributed by atoms with E-state index in [0.717, 1.165) is 8.04 Å². The molecule has 0 bridgehead atoms. The van der Waals surface area contributed by atoms with Gasteiger partial charge in [0.2, 0.25) is 0 Å². The summed E-state index contributed by atoms with van der Waals surface area (Å²) in [4.78, 5) is 15.8. The van der Waals surface area contributed by atoms with Gasteiger partial charge in [-0.3, -0.25) is 4.79 Å². The number of aromatic nitrogens is 1. The van der Waals surface area contributed by atoms with E-state index in [4.69, 9.17) is 0 Å². The van der Waals surface area contributed by atoms with Crippen LogP contribution in [-0.2, 0) is 0 Å². The maximum absolute atomic E-state index is 11.9. The Morgan fingerprint density at radius 1 is 1.39 bits per heavy atom. The standard InChI is InChI=1S/C12H8BrIN2O2/c13-8-6-7(14)3-4-9(8)16-12(18)11-10(17)2-1-5-15-11/h1-6,17H,(H,16,18). The van der Waals surface area contributed by atoms with E-state index in [1.54, 1.807) is 12.1 Å². The molecule has 0 aliphatic rings. The number of carbonyl (C=O) groups is 1. The quantitative estimate of drug-likeness (QED) is 0.734. The Morgan fingerprint density at radius 2 is 2.17 bits per heavy atom. The third-order valence-corrected chi connectivity index (χ3v) is 3.51. The van der Waals surface area contributed by atoms with E-state index >= 15 is 0 Å². The Hall–Kier alpha value is -1.15. The summed E-state index contributed by atoms with van der Waals surface area (Å²) in [5.74, 6) is -0.591. The summed E-state index contributed by atoms with van der Waals surface area (Å²) < 4.78 is 1.83. The highest BCUT2D eigenvalue weighted by Crippen LogP contribution is 2.25. The number of nitrogens with one attached hydrogen (secondary N) is 1. The van der Waals surface area contributed by atoms with Crippen molar-refractivity contribution in [1.29, 1.82) is 0 Å². The molecular formula is C12H8BrIN2O2. The van der Waals surface area contributed by atoms with E-state index < -0.39 is 5.91 Å². The van der Waals surface area contributed by atoms with Crippen LogP contribution in [0.15, 0.2) is 41.0 Å². The number of carbonyl (C=O) groups excluding carboxylic acids is 1. The molecule has 2 rings (SSSR count). The van der Waals surface area contributed by atoms with Gasteiger partial charge < -0.3 is 10.4 Å². The number of anilines is 1. The summed E-state index contributed by atoms with van der Waals surface area (Å²) in [6, 6.07) is 8.52. The number of hydrogen-bond donors (Lipinski definition) is 2. The minimum Gasteiger partial charge on any atom is -0.505 e. The van der Waals surface area contributed by atoms with Crippen molar-refractivity contribution in [2.75, 3.05) is 5.32 Å². The highest BCUT2D eigenvalue weighted by atomic mass is 127. The second kappa shape index (κ2) is 5.66. The van der Waals surface area contributed by atoms with Crippen LogP contribution in [0.4, 0.5) is 5.69 Å². The number of hydrogen-bond acceptors (Lipinski definition) is 3. The van der Waals surface area contributed by atoms with E-state index in [1.165, 1.54) is 12.3 Å². The lowest BCUT2D eigenvalue weighted by atomic mass is 10.3. The van der Waals surface area contributed by atoms with Crippen molar-refractivity contribution in [3.8, 4) is 5.75 Å². The van der Waals surface area contributed by atoms with Crippen LogP contribution in [-0.4, -0.2) is 16.0 Å². The van der Waals surface area contributed by atoms with Gasteiger partial charge in [0.25, 0.3) is 5.91 Å². The average molecular weight is 419 g/mol. The van der Waals surface area contributed by atoms with Crippen LogP contribution >= 0.6 is 38.5 Å². The Labute approximate surface area is 126 Å². The Kier molecular flexibility index (Phi) is 4.18. The van der Waals surface area contributed by atoms with Crippen molar-refractivity contribution in [3.05, 3.63) is 50.3 Å². The third-order valence-electron chi connectivity index (χ3n) is 2.18. The third kappa shape index (κ3) is 2.99. The number of amides is 1. The zero-order valence-corrected chi connectivity index (χ0v) is 12.8. The number of rotatable bonds is 2. The predicted octanol–water partition coefficient (Wildman–Crippen LogP) is 3.41. The normalized spacial score (nSPS) is 10.1. The molecule has 92 valence electrons. The van der Waals surface area contributed by atoms with Gasteiger partial charge in [-0.1, -0.05) is 0 Å². The molecule has 1 aromatic carbocycles. The second-order valence-corrected chi connectivity index (χ2v) is 5.55. The Bertz CT molecular complexity index is 604. The molecule has 6 heteroatoms. The van der Waals surface area contributed by atoms with E-state index in [0.29, 0.717) is 5.69 Å². The SMILES string of the molecule is O=C(Nc1ccc(I)cc1Br)c1ncccc1O. The molecule has 0 aliphatic carbocycles. The van der Waals surface area contributed by atoms with E-state index in [9.17, 15) is 9.90 Å². The Balaban J connectivity index is 2.24. The van der Waals surface area contributed by atoms with Gasteiger partial charge >= 0.3 is 0 Å². The number of nitrogens with zero attached hydrogens (tertiary/aromatic N) is 1. The van der Waals surface area contributed by atoms with Crippen molar-refractivity contribution in [2.45, 2.75) is 0 Å². The number of aromatic hydroxyl groups is 1. The fourth-order valence-corrected chi connectivity index (χ4v) is 2.74. The molecule has 18 heavy (non-hydrogen) atoms. The van der Waals surface area contributed by atoms with Crippen molar-refractivity contribution in [3.63, 3.8) is 0 Å². The van der Waals surface area contributed by atoms with Crippen LogP contribution in [0.1, 0.15) is 10.5 Å². The maximum Gasteiger partial charge on any atom is 0.278 e. The first kappa shape index (κ1) is 13.3. The van der Waals surface area contributed by atoms with Crippen molar-refractivity contribution < 1.29 is 9.90 Å². The summed E-state index contributed by atoms with van der Waals surface area (Å²) in [6.07, 6.45) is 1.46. The molecule has 4 nitrogen and oxygen atoms in total. The highest BCUT2D eigenvalue weighted by molar-refractivity contribution is 14.1. The van der Waals surface area contributed by atoms with Crippen molar-refractivity contribution in [1.82, 2.24) is 4.98 Å². The summed E-state index contributed by atoms with van der Waals surface area (Å²) in [6.45, 7) is 0. The molecule has 0 radical (unpaired) electrons. The fraction of sp³-hybridized carbons (Fsp3) is 0. The van der Waals surface area contributed by atoms with E-state index in [1.807, 2.05) is 12.1 Å². The lowest BCUT2D eigenvalue weighted by molar-refractivity contribution is 0.101. The minimum atomic E-state index is -0.449. The van der Waals surface area contributed by atoms with Crippen LogP contribution in [0.5, 0.6) is 5.75 Å². The van der Waals surface area contributed by atoms with Gasteiger partial charge in [0.15, 0.2) is 5.69 Å². The lowest BCUT2D eigenvalue weighted by Gasteiger charge is -2.08. The zero-order valence-electron chi connectivity index (χ0n) is 9.02. The van der Waals surface area contributed by atoms with Crippen LogP contribution in [0.3, 0.4) is 0 Å². The smallest absolute Gasteiger partial charge is 0.278 e. The summed E-state index contributed by atoms with van der Waals surface area (Å²) in [7, 11) is 0. The second-order valence-electron chi connectivity index (χ2n) is 3.45.